The first kappa shape index (κ1) is 9.14. The summed E-state index contributed by atoms with van der Waals surface area (Å²) in [6, 6.07) is 0. The lowest BCUT2D eigenvalue weighted by Crippen LogP contribution is -2.01. The molecule has 0 fully saturated rings. The highest BCUT2D eigenvalue weighted by Gasteiger charge is 2.07. The summed E-state index contributed by atoms with van der Waals surface area (Å²) < 4.78 is 7.61. The smallest absolute Gasteiger partial charge is 0.199 e. The van der Waals surface area contributed by atoms with E-state index in [1.807, 2.05) is 0 Å². The summed E-state index contributed by atoms with van der Waals surface area (Å²) in [5.74, 6) is 1.20. The van der Waals surface area contributed by atoms with Gasteiger partial charge in [0.2, 0.25) is 0 Å². The zero-order valence-electron chi connectivity index (χ0n) is 7.38. The monoisotopic (exact) mass is 254 g/mol. The van der Waals surface area contributed by atoms with Crippen molar-refractivity contribution >= 4 is 15.9 Å². The van der Waals surface area contributed by atoms with Crippen LogP contribution in [0.1, 0.15) is 0 Å². The molecular weight excluding hydrogens is 248 g/mol. The molecular formula is C8H7BrN4O. The van der Waals surface area contributed by atoms with E-state index < -0.39 is 0 Å². The van der Waals surface area contributed by atoms with E-state index in [2.05, 4.69) is 31.0 Å². The van der Waals surface area contributed by atoms with Crippen molar-refractivity contribution in [2.45, 2.75) is 0 Å². The highest BCUT2D eigenvalue weighted by Crippen LogP contribution is 2.18. The maximum atomic E-state index is 5.11. The summed E-state index contributed by atoms with van der Waals surface area (Å²) in [6.45, 7) is 0. The predicted molar refractivity (Wildman–Crippen MR) is 53.4 cm³/mol. The average molecular weight is 255 g/mol. The van der Waals surface area contributed by atoms with Gasteiger partial charge < -0.3 is 4.74 Å². The summed E-state index contributed by atoms with van der Waals surface area (Å²) in [5.41, 5.74) is 0. The standard InChI is InChI=1S/C8H7BrN4O/c1-14-7-3-10-5-11-8(7)13-4-6(9)2-12-13/h2-5H,1H3. The van der Waals surface area contributed by atoms with Crippen LogP contribution in [0.2, 0.25) is 0 Å². The SMILES string of the molecule is COc1cncnc1-n1cc(Br)cn1. The first-order chi connectivity index (χ1) is 6.81. The third-order valence-electron chi connectivity index (χ3n) is 1.65. The topological polar surface area (TPSA) is 52.8 Å². The van der Waals surface area contributed by atoms with Crippen molar-refractivity contribution in [3.8, 4) is 11.6 Å². The molecule has 0 aliphatic carbocycles. The van der Waals surface area contributed by atoms with Gasteiger partial charge in [0.1, 0.15) is 6.33 Å². The Morgan fingerprint density at radius 2 is 2.29 bits per heavy atom. The van der Waals surface area contributed by atoms with Crippen LogP contribution in [-0.4, -0.2) is 26.9 Å². The van der Waals surface area contributed by atoms with Gasteiger partial charge in [-0.25, -0.2) is 14.6 Å². The Bertz CT molecular complexity index is 442. The van der Waals surface area contributed by atoms with Gasteiger partial charge in [0, 0.05) is 6.20 Å². The normalized spacial score (nSPS) is 10.1. The molecule has 0 bridgehead atoms. The fraction of sp³-hybridized carbons (Fsp3) is 0.125. The van der Waals surface area contributed by atoms with Gasteiger partial charge in [-0.3, -0.25) is 0 Å². The average Bonchev–Trinajstić information content (AvgIpc) is 2.65. The van der Waals surface area contributed by atoms with Crippen molar-refractivity contribution < 1.29 is 4.74 Å². The fourth-order valence-corrected chi connectivity index (χ4v) is 1.33. The molecule has 0 aliphatic heterocycles. The van der Waals surface area contributed by atoms with Crippen LogP contribution in [0.5, 0.6) is 5.75 Å². The third kappa shape index (κ3) is 1.60. The lowest BCUT2D eigenvalue weighted by Gasteiger charge is -2.04. The third-order valence-corrected chi connectivity index (χ3v) is 2.06. The van der Waals surface area contributed by atoms with E-state index in [1.54, 1.807) is 30.4 Å². The number of methoxy groups -OCH3 is 1. The molecule has 2 aromatic heterocycles. The second kappa shape index (κ2) is 3.75. The quantitative estimate of drug-likeness (QED) is 0.814. The van der Waals surface area contributed by atoms with Crippen LogP contribution in [0, 0.1) is 0 Å². The van der Waals surface area contributed by atoms with Crippen molar-refractivity contribution in [3.63, 3.8) is 0 Å². The van der Waals surface area contributed by atoms with Gasteiger partial charge in [-0.15, -0.1) is 0 Å². The molecule has 72 valence electrons. The maximum Gasteiger partial charge on any atom is 0.199 e. The molecule has 0 aliphatic rings. The summed E-state index contributed by atoms with van der Waals surface area (Å²) in [5, 5.41) is 4.09. The lowest BCUT2D eigenvalue weighted by molar-refractivity contribution is 0.407. The molecule has 14 heavy (non-hydrogen) atoms. The van der Waals surface area contributed by atoms with Crippen molar-refractivity contribution in [1.29, 1.82) is 0 Å². The van der Waals surface area contributed by atoms with E-state index in [-0.39, 0.29) is 0 Å². The second-order valence-corrected chi connectivity index (χ2v) is 3.43. The van der Waals surface area contributed by atoms with Gasteiger partial charge in [0.15, 0.2) is 11.6 Å². The molecule has 0 radical (unpaired) electrons. The molecule has 6 heteroatoms. The van der Waals surface area contributed by atoms with E-state index in [0.717, 1.165) is 4.47 Å². The van der Waals surface area contributed by atoms with Gasteiger partial charge in [0.05, 0.1) is 24.0 Å². The van der Waals surface area contributed by atoms with E-state index in [0.29, 0.717) is 11.6 Å². The van der Waals surface area contributed by atoms with Crippen LogP contribution in [0.25, 0.3) is 5.82 Å². The second-order valence-electron chi connectivity index (χ2n) is 2.52. The minimum absolute atomic E-state index is 0.586. The van der Waals surface area contributed by atoms with Crippen LogP contribution >= 0.6 is 15.9 Å². The van der Waals surface area contributed by atoms with Crippen LogP contribution in [0.4, 0.5) is 0 Å². The highest BCUT2D eigenvalue weighted by molar-refractivity contribution is 9.10. The predicted octanol–water partition coefficient (Wildman–Crippen LogP) is 1.43. The Morgan fingerprint density at radius 3 is 2.93 bits per heavy atom. The van der Waals surface area contributed by atoms with Crippen LogP contribution in [0.3, 0.4) is 0 Å². The van der Waals surface area contributed by atoms with Crippen LogP contribution in [0.15, 0.2) is 29.4 Å². The summed E-state index contributed by atoms with van der Waals surface area (Å²) in [7, 11) is 1.57. The number of hydrogen-bond acceptors (Lipinski definition) is 4. The van der Waals surface area contributed by atoms with Gasteiger partial charge in [-0.2, -0.15) is 5.10 Å². The molecule has 5 nitrogen and oxygen atoms in total. The Labute approximate surface area is 88.9 Å². The Kier molecular flexibility index (Phi) is 2.45. The van der Waals surface area contributed by atoms with Crippen LogP contribution < -0.4 is 4.74 Å². The number of aromatic nitrogens is 4. The van der Waals surface area contributed by atoms with Crippen LogP contribution in [-0.2, 0) is 0 Å². The Morgan fingerprint density at radius 1 is 1.43 bits per heavy atom. The van der Waals surface area contributed by atoms with Gasteiger partial charge in [-0.05, 0) is 15.9 Å². The molecule has 0 amide bonds. The maximum absolute atomic E-state index is 5.11. The number of hydrogen-bond donors (Lipinski definition) is 0. The molecule has 2 heterocycles. The largest absolute Gasteiger partial charge is 0.491 e. The molecule has 0 aromatic carbocycles. The molecule has 0 atom stereocenters. The first-order valence-electron chi connectivity index (χ1n) is 3.86. The molecule has 0 saturated heterocycles. The number of rotatable bonds is 2. The molecule has 0 N–H and O–H groups in total. The summed E-state index contributed by atoms with van der Waals surface area (Å²) in [4.78, 5) is 7.94. The van der Waals surface area contributed by atoms with Gasteiger partial charge in [0.25, 0.3) is 0 Å². The minimum atomic E-state index is 0.586. The van der Waals surface area contributed by atoms with E-state index in [4.69, 9.17) is 4.74 Å². The fourth-order valence-electron chi connectivity index (χ4n) is 1.04. The first-order valence-corrected chi connectivity index (χ1v) is 4.65. The van der Waals surface area contributed by atoms with Gasteiger partial charge in [-0.1, -0.05) is 0 Å². The number of nitrogens with zero attached hydrogens (tertiary/aromatic N) is 4. The molecule has 2 rings (SSSR count). The zero-order valence-corrected chi connectivity index (χ0v) is 8.97. The highest BCUT2D eigenvalue weighted by atomic mass is 79.9. The molecule has 2 aromatic rings. The van der Waals surface area contributed by atoms with Crippen molar-refractivity contribution in [1.82, 2.24) is 19.7 Å². The molecule has 0 unspecified atom stereocenters. The Balaban J connectivity index is 2.50. The van der Waals surface area contributed by atoms with Crippen molar-refractivity contribution in [2.24, 2.45) is 0 Å². The van der Waals surface area contributed by atoms with E-state index >= 15 is 0 Å². The zero-order chi connectivity index (χ0) is 9.97. The number of halogens is 1. The summed E-state index contributed by atoms with van der Waals surface area (Å²) >= 11 is 3.31. The minimum Gasteiger partial charge on any atom is -0.491 e. The molecule has 0 saturated carbocycles. The van der Waals surface area contributed by atoms with Crippen molar-refractivity contribution in [2.75, 3.05) is 7.11 Å². The lowest BCUT2D eigenvalue weighted by atomic mass is 10.5. The van der Waals surface area contributed by atoms with Crippen molar-refractivity contribution in [3.05, 3.63) is 29.4 Å². The van der Waals surface area contributed by atoms with E-state index in [9.17, 15) is 0 Å². The summed E-state index contributed by atoms with van der Waals surface area (Å²) in [6.07, 6.45) is 6.53. The van der Waals surface area contributed by atoms with E-state index in [1.165, 1.54) is 6.33 Å². The molecule has 0 spiro atoms. The number of ether oxygens (including phenoxy) is 1. The Hall–Kier alpha value is -1.43. The van der Waals surface area contributed by atoms with Gasteiger partial charge >= 0.3 is 0 Å².